The maximum Gasteiger partial charge on any atom is 0.281 e. The molecule has 3 N–H and O–H groups in total. The highest BCUT2D eigenvalue weighted by Crippen LogP contribution is 2.41. The SMILES string of the molecule is Cc1c(-c2ccc(N)c(C#N)c2)ccc2c3oc([C@H]4CNCCO4)nc3c(=O)n(C3CC3)c12. The van der Waals surface area contributed by atoms with E-state index in [-0.39, 0.29) is 17.7 Å². The fraction of sp³-hybridized carbons (Fsp3) is 0.320. The van der Waals surface area contributed by atoms with Gasteiger partial charge in [0.25, 0.3) is 5.56 Å². The summed E-state index contributed by atoms with van der Waals surface area (Å²) in [5.74, 6) is 0.433. The van der Waals surface area contributed by atoms with Gasteiger partial charge in [-0.2, -0.15) is 5.26 Å². The second-order valence-electron chi connectivity index (χ2n) is 8.75. The van der Waals surface area contributed by atoms with Gasteiger partial charge in [-0.15, -0.1) is 0 Å². The molecule has 0 amide bonds. The van der Waals surface area contributed by atoms with Crippen LogP contribution in [0.1, 0.15) is 42.0 Å². The zero-order chi connectivity index (χ0) is 22.7. The lowest BCUT2D eigenvalue weighted by atomic mass is 9.95. The summed E-state index contributed by atoms with van der Waals surface area (Å²) in [6.45, 7) is 3.97. The van der Waals surface area contributed by atoms with Crippen LogP contribution in [-0.4, -0.2) is 29.2 Å². The Hall–Kier alpha value is -3.67. The number of nitrogens with one attached hydrogen (secondary N) is 1. The molecular formula is C25H23N5O3. The van der Waals surface area contributed by atoms with Crippen molar-refractivity contribution in [2.24, 2.45) is 0 Å². The molecule has 8 heteroatoms. The van der Waals surface area contributed by atoms with E-state index in [9.17, 15) is 10.1 Å². The smallest absolute Gasteiger partial charge is 0.281 e. The first-order chi connectivity index (χ1) is 16.1. The summed E-state index contributed by atoms with van der Waals surface area (Å²) in [4.78, 5) is 18.2. The predicted molar refractivity (Wildman–Crippen MR) is 125 cm³/mol. The van der Waals surface area contributed by atoms with E-state index in [1.165, 1.54) is 0 Å². The number of oxazole rings is 1. The lowest BCUT2D eigenvalue weighted by Gasteiger charge is -2.20. The number of rotatable bonds is 3. The highest BCUT2D eigenvalue weighted by molar-refractivity contribution is 6.04. The fourth-order valence-corrected chi connectivity index (χ4v) is 4.75. The van der Waals surface area contributed by atoms with Crippen molar-refractivity contribution >= 4 is 27.7 Å². The molecule has 6 rings (SSSR count). The van der Waals surface area contributed by atoms with Gasteiger partial charge in [0.2, 0.25) is 5.89 Å². The minimum atomic E-state index is -0.311. The molecule has 0 bridgehead atoms. The van der Waals surface area contributed by atoms with E-state index in [4.69, 9.17) is 14.9 Å². The molecule has 2 aromatic carbocycles. The van der Waals surface area contributed by atoms with E-state index >= 15 is 0 Å². The maximum atomic E-state index is 13.6. The Kier molecular flexibility index (Phi) is 4.50. The van der Waals surface area contributed by atoms with Crippen LogP contribution in [0.5, 0.6) is 0 Å². The third-order valence-corrected chi connectivity index (χ3v) is 6.58. The molecule has 1 atom stereocenters. The molecule has 4 aromatic rings. The number of nitriles is 1. The number of morpholine rings is 1. The van der Waals surface area contributed by atoms with Crippen LogP contribution < -0.4 is 16.6 Å². The third-order valence-electron chi connectivity index (χ3n) is 6.58. The third kappa shape index (κ3) is 3.12. The Bertz CT molecular complexity index is 1520. The molecule has 2 aromatic heterocycles. The largest absolute Gasteiger partial charge is 0.437 e. The molecule has 1 aliphatic carbocycles. The van der Waals surface area contributed by atoms with Crippen LogP contribution in [0, 0.1) is 18.3 Å². The first-order valence-electron chi connectivity index (χ1n) is 11.2. The molecular weight excluding hydrogens is 418 g/mol. The van der Waals surface area contributed by atoms with E-state index < -0.39 is 0 Å². The lowest BCUT2D eigenvalue weighted by molar-refractivity contribution is 0.0119. The van der Waals surface area contributed by atoms with E-state index in [1.807, 2.05) is 29.7 Å². The fourth-order valence-electron chi connectivity index (χ4n) is 4.75. The van der Waals surface area contributed by atoms with Crippen LogP contribution in [0.2, 0.25) is 0 Å². The number of hydrogen-bond acceptors (Lipinski definition) is 7. The Morgan fingerprint density at radius 1 is 1.27 bits per heavy atom. The second-order valence-corrected chi connectivity index (χ2v) is 8.75. The van der Waals surface area contributed by atoms with Gasteiger partial charge in [-0.05, 0) is 54.7 Å². The van der Waals surface area contributed by atoms with Gasteiger partial charge in [0.15, 0.2) is 11.1 Å². The van der Waals surface area contributed by atoms with Crippen LogP contribution in [0.15, 0.2) is 39.5 Å². The molecule has 3 heterocycles. The summed E-state index contributed by atoms with van der Waals surface area (Å²) in [7, 11) is 0. The Labute approximate surface area is 189 Å². The molecule has 2 aliphatic rings. The van der Waals surface area contributed by atoms with Crippen molar-refractivity contribution in [2.45, 2.75) is 31.9 Å². The van der Waals surface area contributed by atoms with Crippen molar-refractivity contribution < 1.29 is 9.15 Å². The van der Waals surface area contributed by atoms with Gasteiger partial charge in [0, 0.05) is 30.2 Å². The predicted octanol–water partition coefficient (Wildman–Crippen LogP) is 3.57. The van der Waals surface area contributed by atoms with E-state index in [1.54, 1.807) is 12.1 Å². The average Bonchev–Trinajstić information content (AvgIpc) is 3.57. The van der Waals surface area contributed by atoms with Crippen LogP contribution >= 0.6 is 0 Å². The van der Waals surface area contributed by atoms with Crippen LogP contribution in [0.3, 0.4) is 0 Å². The van der Waals surface area contributed by atoms with Crippen molar-refractivity contribution in [3.63, 3.8) is 0 Å². The molecule has 0 spiro atoms. The van der Waals surface area contributed by atoms with Gasteiger partial charge >= 0.3 is 0 Å². The molecule has 1 saturated heterocycles. The van der Waals surface area contributed by atoms with E-state index in [0.29, 0.717) is 41.4 Å². The van der Waals surface area contributed by atoms with Crippen molar-refractivity contribution in [2.75, 3.05) is 25.4 Å². The summed E-state index contributed by atoms with van der Waals surface area (Å²) < 4.78 is 13.8. The standard InChI is InChI=1S/C25H23N5O3/c1-13-17(14-2-7-19(27)15(10-14)11-26)5-6-18-22(13)30(16-3-4-16)25(31)21-23(18)33-24(29-21)20-12-28-8-9-32-20/h2,5-7,10,16,20,28H,3-4,8-9,12,27H2,1H3/t20-/m1/s1. The number of nitrogens with two attached hydrogens (primary N) is 1. The van der Waals surface area contributed by atoms with Gasteiger partial charge in [-0.25, -0.2) is 4.98 Å². The topological polar surface area (TPSA) is 119 Å². The van der Waals surface area contributed by atoms with Gasteiger partial charge < -0.3 is 24.8 Å². The summed E-state index contributed by atoms with van der Waals surface area (Å²) >= 11 is 0. The van der Waals surface area contributed by atoms with Gasteiger partial charge in [-0.1, -0.05) is 12.1 Å². The summed E-state index contributed by atoms with van der Waals surface area (Å²) in [6, 6.07) is 11.7. The average molecular weight is 441 g/mol. The number of aryl methyl sites for hydroxylation is 1. The van der Waals surface area contributed by atoms with Crippen molar-refractivity contribution in [3.05, 3.63) is 57.7 Å². The summed E-state index contributed by atoms with van der Waals surface area (Å²) in [6.07, 6.45) is 1.62. The first-order valence-corrected chi connectivity index (χ1v) is 11.2. The lowest BCUT2D eigenvalue weighted by Crippen LogP contribution is -2.33. The number of nitrogens with zero attached hydrogens (tertiary/aromatic N) is 3. The minimum absolute atomic E-state index is 0.131. The quantitative estimate of drug-likeness (QED) is 0.467. The number of nitrogen functional groups attached to an aromatic ring is 1. The molecule has 8 nitrogen and oxygen atoms in total. The van der Waals surface area contributed by atoms with Gasteiger partial charge in [0.1, 0.15) is 12.2 Å². The zero-order valence-electron chi connectivity index (χ0n) is 18.2. The van der Waals surface area contributed by atoms with Gasteiger partial charge in [-0.3, -0.25) is 4.79 Å². The minimum Gasteiger partial charge on any atom is -0.437 e. The number of hydrogen-bond donors (Lipinski definition) is 2. The highest BCUT2D eigenvalue weighted by atomic mass is 16.5. The number of pyridine rings is 1. The number of ether oxygens (including phenoxy) is 1. The summed E-state index contributed by atoms with van der Waals surface area (Å²) in [5, 5.41) is 13.5. The normalized spacial score (nSPS) is 18.6. The molecule has 0 radical (unpaired) electrons. The van der Waals surface area contributed by atoms with E-state index in [0.717, 1.165) is 47.0 Å². The Morgan fingerprint density at radius 3 is 2.85 bits per heavy atom. The maximum absolute atomic E-state index is 13.6. The number of fused-ring (bicyclic) bond motifs is 3. The van der Waals surface area contributed by atoms with Gasteiger partial charge in [0.05, 0.1) is 17.7 Å². The van der Waals surface area contributed by atoms with Crippen LogP contribution in [-0.2, 0) is 4.74 Å². The molecule has 33 heavy (non-hydrogen) atoms. The van der Waals surface area contributed by atoms with Crippen LogP contribution in [0.4, 0.5) is 5.69 Å². The summed E-state index contributed by atoms with van der Waals surface area (Å²) in [5.41, 5.74) is 11.2. The number of anilines is 1. The molecule has 166 valence electrons. The first kappa shape index (κ1) is 20.0. The van der Waals surface area contributed by atoms with Crippen LogP contribution in [0.25, 0.3) is 33.1 Å². The zero-order valence-corrected chi connectivity index (χ0v) is 18.2. The van der Waals surface area contributed by atoms with Crippen molar-refractivity contribution in [1.29, 1.82) is 5.26 Å². The van der Waals surface area contributed by atoms with E-state index in [2.05, 4.69) is 16.4 Å². The Morgan fingerprint density at radius 2 is 2.12 bits per heavy atom. The number of benzene rings is 2. The van der Waals surface area contributed by atoms with Crippen molar-refractivity contribution in [1.82, 2.24) is 14.9 Å². The molecule has 1 aliphatic heterocycles. The number of aromatic nitrogens is 2. The molecule has 2 fully saturated rings. The monoisotopic (exact) mass is 441 g/mol. The Balaban J connectivity index is 1.62. The van der Waals surface area contributed by atoms with Crippen molar-refractivity contribution in [3.8, 4) is 17.2 Å². The molecule has 1 saturated carbocycles. The molecule has 0 unspecified atom stereocenters. The second kappa shape index (κ2) is 7.44. The highest BCUT2D eigenvalue weighted by Gasteiger charge is 2.31.